The van der Waals surface area contributed by atoms with Crippen LogP contribution in [0.1, 0.15) is 10.4 Å². The van der Waals surface area contributed by atoms with Crippen molar-refractivity contribution in [3.8, 4) is 28.0 Å². The fourth-order valence-corrected chi connectivity index (χ4v) is 2.66. The van der Waals surface area contributed by atoms with Crippen molar-refractivity contribution in [2.75, 3.05) is 7.11 Å². The lowest BCUT2D eigenvalue weighted by Crippen LogP contribution is -2.06. The lowest BCUT2D eigenvalue weighted by atomic mass is 9.91. The highest BCUT2D eigenvalue weighted by Gasteiger charge is 2.22. The molecule has 0 bridgehead atoms. The number of phenolic OH excluding ortho intramolecular Hbond substituents is 1. The molecule has 114 valence electrons. The zero-order valence-electron chi connectivity index (χ0n) is 12.7. The second-order valence-electron chi connectivity index (χ2n) is 5.11. The Bertz CT molecular complexity index is 824. The van der Waals surface area contributed by atoms with Crippen molar-refractivity contribution < 1.29 is 14.6 Å². The van der Waals surface area contributed by atoms with Crippen LogP contribution in [0.5, 0.6) is 5.75 Å². The van der Waals surface area contributed by atoms with Crippen LogP contribution in [0.2, 0.25) is 0 Å². The van der Waals surface area contributed by atoms with Crippen molar-refractivity contribution in [2.45, 2.75) is 0 Å². The van der Waals surface area contributed by atoms with Crippen LogP contribution in [-0.2, 0) is 4.74 Å². The molecule has 0 spiro atoms. The quantitative estimate of drug-likeness (QED) is 0.724. The Kier molecular flexibility index (Phi) is 4.11. The Balaban J connectivity index is 2.33. The normalized spacial score (nSPS) is 10.3. The third-order valence-corrected chi connectivity index (χ3v) is 3.72. The van der Waals surface area contributed by atoms with Gasteiger partial charge in [-0.15, -0.1) is 0 Å². The molecular weight excluding hydrogens is 288 g/mol. The summed E-state index contributed by atoms with van der Waals surface area (Å²) in [5, 5.41) is 10.4. The predicted molar refractivity (Wildman–Crippen MR) is 90.3 cm³/mol. The summed E-state index contributed by atoms with van der Waals surface area (Å²) in [6, 6.07) is 22.3. The highest BCUT2D eigenvalue weighted by Crippen LogP contribution is 2.38. The molecule has 3 aromatic carbocycles. The summed E-state index contributed by atoms with van der Waals surface area (Å²) in [6.45, 7) is 0. The van der Waals surface area contributed by atoms with Crippen molar-refractivity contribution in [1.82, 2.24) is 0 Å². The van der Waals surface area contributed by atoms with E-state index in [0.717, 1.165) is 16.7 Å². The summed E-state index contributed by atoms with van der Waals surface area (Å²) >= 11 is 0. The van der Waals surface area contributed by atoms with Crippen LogP contribution in [0.15, 0.2) is 72.8 Å². The highest BCUT2D eigenvalue weighted by molar-refractivity contribution is 6.05. The smallest absolute Gasteiger partial charge is 0.339 e. The Morgan fingerprint density at radius 2 is 1.39 bits per heavy atom. The van der Waals surface area contributed by atoms with Crippen molar-refractivity contribution >= 4 is 5.97 Å². The van der Waals surface area contributed by atoms with Gasteiger partial charge in [-0.3, -0.25) is 0 Å². The first-order chi connectivity index (χ1) is 11.2. The van der Waals surface area contributed by atoms with E-state index in [9.17, 15) is 9.90 Å². The Labute approximate surface area is 134 Å². The van der Waals surface area contributed by atoms with Crippen molar-refractivity contribution in [3.05, 3.63) is 78.4 Å². The number of esters is 1. The summed E-state index contributed by atoms with van der Waals surface area (Å²) in [7, 11) is 1.34. The number of aromatic hydroxyl groups is 1. The molecule has 0 unspecified atom stereocenters. The van der Waals surface area contributed by atoms with Gasteiger partial charge < -0.3 is 9.84 Å². The molecule has 23 heavy (non-hydrogen) atoms. The number of hydrogen-bond donors (Lipinski definition) is 1. The average Bonchev–Trinajstić information content (AvgIpc) is 2.62. The minimum Gasteiger partial charge on any atom is -0.507 e. The average molecular weight is 304 g/mol. The molecule has 3 nitrogen and oxygen atoms in total. The maximum Gasteiger partial charge on any atom is 0.339 e. The van der Waals surface area contributed by atoms with Crippen LogP contribution in [0.25, 0.3) is 22.3 Å². The number of benzene rings is 3. The Morgan fingerprint density at radius 3 is 1.96 bits per heavy atom. The lowest BCUT2D eigenvalue weighted by molar-refractivity contribution is 0.0602. The third-order valence-electron chi connectivity index (χ3n) is 3.72. The van der Waals surface area contributed by atoms with Gasteiger partial charge in [-0.1, -0.05) is 60.7 Å². The van der Waals surface area contributed by atoms with E-state index in [0.29, 0.717) is 11.1 Å². The summed E-state index contributed by atoms with van der Waals surface area (Å²) < 4.78 is 4.97. The number of hydrogen-bond acceptors (Lipinski definition) is 3. The second-order valence-corrected chi connectivity index (χ2v) is 5.11. The molecule has 0 atom stereocenters. The van der Waals surface area contributed by atoms with Gasteiger partial charge in [0.25, 0.3) is 0 Å². The summed E-state index contributed by atoms with van der Waals surface area (Å²) in [5.41, 5.74) is 3.24. The van der Waals surface area contributed by atoms with Gasteiger partial charge in [-0.25, -0.2) is 4.79 Å². The van der Waals surface area contributed by atoms with E-state index in [4.69, 9.17) is 4.74 Å². The van der Waals surface area contributed by atoms with Crippen LogP contribution in [-0.4, -0.2) is 18.2 Å². The predicted octanol–water partition coefficient (Wildman–Crippen LogP) is 4.51. The molecule has 0 fully saturated rings. The molecule has 3 rings (SSSR count). The van der Waals surface area contributed by atoms with E-state index in [1.54, 1.807) is 12.1 Å². The molecule has 1 N–H and O–H groups in total. The molecule has 0 aromatic heterocycles. The van der Waals surface area contributed by atoms with Gasteiger partial charge in [0.1, 0.15) is 5.75 Å². The first-order valence-electron chi connectivity index (χ1n) is 7.27. The van der Waals surface area contributed by atoms with Crippen molar-refractivity contribution in [3.63, 3.8) is 0 Å². The molecule has 0 aliphatic heterocycles. The molecule has 0 radical (unpaired) electrons. The minimum atomic E-state index is -0.474. The monoisotopic (exact) mass is 304 g/mol. The highest BCUT2D eigenvalue weighted by atomic mass is 16.5. The molecular formula is C20H16O3. The topological polar surface area (TPSA) is 46.5 Å². The maximum absolute atomic E-state index is 12.4. The van der Waals surface area contributed by atoms with Gasteiger partial charge in [0.15, 0.2) is 0 Å². The standard InChI is InChI=1S/C20H16O3/c1-23-20(22)19-16(14-8-4-2-5-9-14)12-13-17(21)18(19)15-10-6-3-7-11-15/h2-13,21H,1H3. The number of carbonyl (C=O) groups excluding carboxylic acids is 1. The molecule has 0 amide bonds. The first-order valence-corrected chi connectivity index (χ1v) is 7.27. The van der Waals surface area contributed by atoms with Crippen molar-refractivity contribution in [2.24, 2.45) is 0 Å². The summed E-state index contributed by atoms with van der Waals surface area (Å²) in [4.78, 5) is 12.4. The number of rotatable bonds is 3. The van der Waals surface area contributed by atoms with E-state index in [2.05, 4.69) is 0 Å². The number of phenols is 1. The van der Waals surface area contributed by atoms with E-state index >= 15 is 0 Å². The van der Waals surface area contributed by atoms with Gasteiger partial charge >= 0.3 is 5.97 Å². The van der Waals surface area contributed by atoms with Gasteiger partial charge in [-0.05, 0) is 28.8 Å². The van der Waals surface area contributed by atoms with Crippen LogP contribution < -0.4 is 0 Å². The second kappa shape index (κ2) is 6.36. The molecule has 0 aliphatic carbocycles. The van der Waals surface area contributed by atoms with Crippen LogP contribution in [0.3, 0.4) is 0 Å². The van der Waals surface area contributed by atoms with E-state index in [-0.39, 0.29) is 5.75 Å². The Hall–Kier alpha value is -3.07. The SMILES string of the molecule is COC(=O)c1c(-c2ccccc2)ccc(O)c1-c1ccccc1. The lowest BCUT2D eigenvalue weighted by Gasteiger charge is -2.15. The fraction of sp³-hybridized carbons (Fsp3) is 0.0500. The maximum atomic E-state index is 12.4. The number of carbonyl (C=O) groups is 1. The first kappa shape index (κ1) is 14.9. The molecule has 3 heteroatoms. The van der Waals surface area contributed by atoms with E-state index in [1.807, 2.05) is 60.7 Å². The molecule has 0 heterocycles. The molecule has 3 aromatic rings. The number of ether oxygens (including phenoxy) is 1. The van der Waals surface area contributed by atoms with E-state index < -0.39 is 5.97 Å². The molecule has 0 aliphatic rings. The number of methoxy groups -OCH3 is 1. The van der Waals surface area contributed by atoms with Gasteiger partial charge in [-0.2, -0.15) is 0 Å². The van der Waals surface area contributed by atoms with Crippen LogP contribution in [0.4, 0.5) is 0 Å². The van der Waals surface area contributed by atoms with Gasteiger partial charge in [0, 0.05) is 5.56 Å². The van der Waals surface area contributed by atoms with E-state index in [1.165, 1.54) is 7.11 Å². The van der Waals surface area contributed by atoms with Gasteiger partial charge in [0.05, 0.1) is 12.7 Å². The molecule has 0 saturated heterocycles. The van der Waals surface area contributed by atoms with Crippen LogP contribution >= 0.6 is 0 Å². The third kappa shape index (κ3) is 2.81. The Morgan fingerprint density at radius 1 is 0.826 bits per heavy atom. The zero-order valence-corrected chi connectivity index (χ0v) is 12.7. The largest absolute Gasteiger partial charge is 0.507 e. The molecule has 0 saturated carbocycles. The fourth-order valence-electron chi connectivity index (χ4n) is 2.66. The summed E-state index contributed by atoms with van der Waals surface area (Å²) in [6.07, 6.45) is 0. The minimum absolute atomic E-state index is 0.0521. The zero-order chi connectivity index (χ0) is 16.2. The van der Waals surface area contributed by atoms with Crippen molar-refractivity contribution in [1.29, 1.82) is 0 Å². The van der Waals surface area contributed by atoms with Crippen LogP contribution in [0, 0.1) is 0 Å². The summed E-state index contributed by atoms with van der Waals surface area (Å²) in [5.74, 6) is -0.421. The van der Waals surface area contributed by atoms with Gasteiger partial charge in [0.2, 0.25) is 0 Å².